The molecule has 2 aromatic rings. The Hall–Kier alpha value is -2.78. The molecule has 0 bridgehead atoms. The average Bonchev–Trinajstić information content (AvgIpc) is 2.74. The Morgan fingerprint density at radius 2 is 1.71 bits per heavy atom. The maximum absolute atomic E-state index is 14.2. The summed E-state index contributed by atoms with van der Waals surface area (Å²) in [4.78, 5) is 25.9. The van der Waals surface area contributed by atoms with Gasteiger partial charge in [-0.15, -0.1) is 0 Å². The first-order valence-corrected chi connectivity index (χ1v) is 11.3. The summed E-state index contributed by atoms with van der Waals surface area (Å²) in [7, 11) is -2.30. The summed E-state index contributed by atoms with van der Waals surface area (Å²) in [6.45, 7) is 5.49. The van der Waals surface area contributed by atoms with Gasteiger partial charge in [0, 0.05) is 26.7 Å². The van der Waals surface area contributed by atoms with Crippen molar-refractivity contribution in [2.75, 3.05) is 26.7 Å². The van der Waals surface area contributed by atoms with Gasteiger partial charge in [0.05, 0.1) is 10.5 Å². The van der Waals surface area contributed by atoms with E-state index < -0.39 is 39.9 Å². The Morgan fingerprint density at radius 3 is 2.32 bits per heavy atom. The molecule has 9 heteroatoms. The lowest BCUT2D eigenvalue weighted by Crippen LogP contribution is -2.31. The number of amides is 1. The number of esters is 1. The molecule has 2 rings (SSSR count). The molecule has 0 atom stereocenters. The molecule has 31 heavy (non-hydrogen) atoms. The van der Waals surface area contributed by atoms with Gasteiger partial charge in [0.1, 0.15) is 5.82 Å². The van der Waals surface area contributed by atoms with Crippen molar-refractivity contribution in [2.24, 2.45) is 0 Å². The van der Waals surface area contributed by atoms with Crippen LogP contribution in [0.5, 0.6) is 0 Å². The van der Waals surface area contributed by atoms with Gasteiger partial charge in [-0.2, -0.15) is 4.31 Å². The lowest BCUT2D eigenvalue weighted by Gasteiger charge is -2.19. The highest BCUT2D eigenvalue weighted by Crippen LogP contribution is 2.20. The van der Waals surface area contributed by atoms with Crippen LogP contribution in [-0.2, 0) is 26.1 Å². The predicted octanol–water partition coefficient (Wildman–Crippen LogP) is 2.98. The summed E-state index contributed by atoms with van der Waals surface area (Å²) in [5, 5.41) is 0. The van der Waals surface area contributed by atoms with Gasteiger partial charge in [-0.05, 0) is 36.2 Å². The third-order valence-electron chi connectivity index (χ3n) is 4.92. The molecule has 0 saturated heterocycles. The SMILES string of the molecule is CCN(CC)S(=O)(=O)c1ccc(F)c(C(=O)OCC(=O)N(C)Cc2ccccc2C)c1. The molecule has 7 nitrogen and oxygen atoms in total. The van der Waals surface area contributed by atoms with E-state index >= 15 is 0 Å². The molecule has 1 amide bonds. The van der Waals surface area contributed by atoms with Gasteiger partial charge >= 0.3 is 5.97 Å². The van der Waals surface area contributed by atoms with Gasteiger partial charge in [0.2, 0.25) is 10.0 Å². The van der Waals surface area contributed by atoms with Gasteiger partial charge in [-0.25, -0.2) is 17.6 Å². The Morgan fingerprint density at radius 1 is 1.06 bits per heavy atom. The van der Waals surface area contributed by atoms with E-state index in [0.29, 0.717) is 6.54 Å². The van der Waals surface area contributed by atoms with Crippen LogP contribution in [0.2, 0.25) is 0 Å². The van der Waals surface area contributed by atoms with E-state index in [1.54, 1.807) is 20.9 Å². The molecule has 2 aromatic carbocycles. The third kappa shape index (κ3) is 5.89. The first-order chi connectivity index (χ1) is 14.6. The zero-order chi connectivity index (χ0) is 23.2. The van der Waals surface area contributed by atoms with Crippen molar-refractivity contribution in [1.82, 2.24) is 9.21 Å². The number of aryl methyl sites for hydroxylation is 1. The lowest BCUT2D eigenvalue weighted by molar-refractivity contribution is -0.133. The van der Waals surface area contributed by atoms with Crippen LogP contribution in [0.15, 0.2) is 47.4 Å². The number of ether oxygens (including phenoxy) is 1. The maximum Gasteiger partial charge on any atom is 0.341 e. The van der Waals surface area contributed by atoms with Crippen LogP contribution in [0, 0.1) is 12.7 Å². The number of sulfonamides is 1. The number of likely N-dealkylation sites (N-methyl/N-ethyl adjacent to an activating group) is 1. The van der Waals surface area contributed by atoms with E-state index in [1.165, 1.54) is 9.21 Å². The second kappa shape index (κ2) is 10.5. The third-order valence-corrected chi connectivity index (χ3v) is 6.97. The van der Waals surface area contributed by atoms with Crippen molar-refractivity contribution in [3.8, 4) is 0 Å². The molecule has 0 aromatic heterocycles. The number of halogens is 1. The average molecular weight is 451 g/mol. The number of rotatable bonds is 9. The molecule has 0 fully saturated rings. The van der Waals surface area contributed by atoms with Gasteiger partial charge in [-0.3, -0.25) is 4.79 Å². The number of benzene rings is 2. The first kappa shape index (κ1) is 24.5. The van der Waals surface area contributed by atoms with E-state index in [1.807, 2.05) is 31.2 Å². The van der Waals surface area contributed by atoms with Crippen LogP contribution < -0.4 is 0 Å². The second-order valence-electron chi connectivity index (χ2n) is 6.98. The minimum atomic E-state index is -3.87. The number of hydrogen-bond acceptors (Lipinski definition) is 5. The van der Waals surface area contributed by atoms with E-state index in [4.69, 9.17) is 4.74 Å². The van der Waals surface area contributed by atoms with Crippen molar-refractivity contribution in [3.63, 3.8) is 0 Å². The van der Waals surface area contributed by atoms with Crippen LogP contribution in [0.1, 0.15) is 35.3 Å². The molecule has 0 heterocycles. The topological polar surface area (TPSA) is 84.0 Å². The van der Waals surface area contributed by atoms with Gasteiger partial charge in [0.25, 0.3) is 5.91 Å². The predicted molar refractivity (Wildman–Crippen MR) is 114 cm³/mol. The van der Waals surface area contributed by atoms with Crippen LogP contribution in [-0.4, -0.2) is 56.2 Å². The Labute approximate surface area is 182 Å². The highest BCUT2D eigenvalue weighted by molar-refractivity contribution is 7.89. The van der Waals surface area contributed by atoms with Crippen LogP contribution in [0.4, 0.5) is 4.39 Å². The van der Waals surface area contributed by atoms with Crippen LogP contribution in [0.3, 0.4) is 0 Å². The van der Waals surface area contributed by atoms with Crippen molar-refractivity contribution >= 4 is 21.9 Å². The molecule has 0 aliphatic rings. The molecule has 0 saturated carbocycles. The lowest BCUT2D eigenvalue weighted by atomic mass is 10.1. The minimum absolute atomic E-state index is 0.215. The molecule has 168 valence electrons. The van der Waals surface area contributed by atoms with Gasteiger partial charge < -0.3 is 9.64 Å². The highest BCUT2D eigenvalue weighted by Gasteiger charge is 2.25. The zero-order valence-electron chi connectivity index (χ0n) is 18.1. The van der Waals surface area contributed by atoms with Crippen molar-refractivity contribution in [1.29, 1.82) is 0 Å². The largest absolute Gasteiger partial charge is 0.452 e. The number of carbonyl (C=O) groups excluding carboxylic acids is 2. The Kier molecular flexibility index (Phi) is 8.29. The first-order valence-electron chi connectivity index (χ1n) is 9.87. The van der Waals surface area contributed by atoms with Gasteiger partial charge in [-0.1, -0.05) is 38.1 Å². The summed E-state index contributed by atoms with van der Waals surface area (Å²) >= 11 is 0. The molecule has 0 N–H and O–H groups in total. The normalized spacial score (nSPS) is 11.4. The van der Waals surface area contributed by atoms with E-state index in [0.717, 1.165) is 29.3 Å². The number of carbonyl (C=O) groups is 2. The number of nitrogens with zero attached hydrogens (tertiary/aromatic N) is 2. The van der Waals surface area contributed by atoms with E-state index in [2.05, 4.69) is 0 Å². The molecule has 0 aliphatic heterocycles. The summed E-state index contributed by atoms with van der Waals surface area (Å²) in [5.74, 6) is -2.50. The fraction of sp³-hybridized carbons (Fsp3) is 0.364. The Balaban J connectivity index is 2.10. The van der Waals surface area contributed by atoms with Crippen LogP contribution >= 0.6 is 0 Å². The highest BCUT2D eigenvalue weighted by atomic mass is 32.2. The van der Waals surface area contributed by atoms with Crippen molar-refractivity contribution in [3.05, 3.63) is 65.0 Å². The van der Waals surface area contributed by atoms with E-state index in [-0.39, 0.29) is 18.0 Å². The fourth-order valence-corrected chi connectivity index (χ4v) is 4.47. The molecule has 0 radical (unpaired) electrons. The van der Waals surface area contributed by atoms with Crippen LogP contribution in [0.25, 0.3) is 0 Å². The maximum atomic E-state index is 14.2. The number of hydrogen-bond donors (Lipinski definition) is 0. The summed E-state index contributed by atoms with van der Waals surface area (Å²) in [6, 6.07) is 10.5. The standard InChI is InChI=1S/C22H27FN2O5S/c1-5-25(6-2)31(28,29)18-11-12-20(23)19(13-18)22(27)30-15-21(26)24(4)14-17-10-8-7-9-16(17)3/h7-13H,5-6,14-15H2,1-4H3. The monoisotopic (exact) mass is 450 g/mol. The summed E-state index contributed by atoms with van der Waals surface area (Å²) in [6.07, 6.45) is 0. The molecular formula is C22H27FN2O5S. The molecule has 0 unspecified atom stereocenters. The van der Waals surface area contributed by atoms with E-state index in [9.17, 15) is 22.4 Å². The van der Waals surface area contributed by atoms with Crippen molar-refractivity contribution in [2.45, 2.75) is 32.2 Å². The van der Waals surface area contributed by atoms with Gasteiger partial charge in [0.15, 0.2) is 6.61 Å². The van der Waals surface area contributed by atoms with Crippen molar-refractivity contribution < 1.29 is 27.1 Å². The minimum Gasteiger partial charge on any atom is -0.452 e. The summed E-state index contributed by atoms with van der Waals surface area (Å²) in [5.41, 5.74) is 1.43. The smallest absolute Gasteiger partial charge is 0.341 e. The fourth-order valence-electron chi connectivity index (χ4n) is 2.98. The Bertz CT molecular complexity index is 1050. The molecular weight excluding hydrogens is 423 g/mol. The summed E-state index contributed by atoms with van der Waals surface area (Å²) < 4.78 is 45.6. The quantitative estimate of drug-likeness (QED) is 0.549. The molecule has 0 aliphatic carbocycles. The second-order valence-corrected chi connectivity index (χ2v) is 8.92. The zero-order valence-corrected chi connectivity index (χ0v) is 18.9. The molecule has 0 spiro atoms.